The molecule has 0 fully saturated rings. The Kier molecular flexibility index (Phi) is 4.46. The minimum absolute atomic E-state index is 0.148. The molecule has 0 saturated carbocycles. The van der Waals surface area contributed by atoms with E-state index >= 15 is 0 Å². The number of halogens is 1. The standard InChI is InChI=1S/C14H22ClN3/c1-10-13(14(15)18(2)17-10)9-12(16)8-11-6-4-3-5-7-11/h6,12H,3-5,7-9,16H2,1-2H3. The third-order valence-corrected chi connectivity index (χ3v) is 4.12. The summed E-state index contributed by atoms with van der Waals surface area (Å²) in [6.07, 6.45) is 9.24. The molecule has 1 atom stereocenters. The van der Waals surface area contributed by atoms with E-state index in [2.05, 4.69) is 11.2 Å². The average molecular weight is 268 g/mol. The van der Waals surface area contributed by atoms with E-state index in [1.165, 1.54) is 31.3 Å². The number of nitrogens with two attached hydrogens (primary N) is 1. The van der Waals surface area contributed by atoms with E-state index in [1.54, 1.807) is 4.68 Å². The normalized spacial score (nSPS) is 17.7. The van der Waals surface area contributed by atoms with Crippen LogP contribution in [-0.2, 0) is 13.5 Å². The summed E-state index contributed by atoms with van der Waals surface area (Å²) in [6, 6.07) is 0.148. The van der Waals surface area contributed by atoms with Crippen molar-refractivity contribution < 1.29 is 0 Å². The number of aryl methyl sites for hydroxylation is 2. The summed E-state index contributed by atoms with van der Waals surface area (Å²) >= 11 is 6.23. The first-order valence-corrected chi connectivity index (χ1v) is 7.07. The van der Waals surface area contributed by atoms with Gasteiger partial charge in [-0.05, 0) is 45.4 Å². The molecule has 1 aromatic heterocycles. The first-order valence-electron chi connectivity index (χ1n) is 6.69. The van der Waals surface area contributed by atoms with Crippen molar-refractivity contribution in [3.63, 3.8) is 0 Å². The molecule has 0 radical (unpaired) electrons. The van der Waals surface area contributed by atoms with Crippen molar-refractivity contribution in [2.45, 2.75) is 51.5 Å². The monoisotopic (exact) mass is 267 g/mol. The Labute approximate surface area is 114 Å². The molecule has 1 heterocycles. The quantitative estimate of drug-likeness (QED) is 0.852. The molecular formula is C14H22ClN3. The van der Waals surface area contributed by atoms with Gasteiger partial charge in [0.05, 0.1) is 5.69 Å². The maximum Gasteiger partial charge on any atom is 0.130 e. The van der Waals surface area contributed by atoms with Gasteiger partial charge in [0.25, 0.3) is 0 Å². The van der Waals surface area contributed by atoms with E-state index in [4.69, 9.17) is 17.3 Å². The fourth-order valence-electron chi connectivity index (χ4n) is 2.67. The summed E-state index contributed by atoms with van der Waals surface area (Å²) < 4.78 is 1.72. The number of aromatic nitrogens is 2. The second-order valence-electron chi connectivity index (χ2n) is 5.25. The van der Waals surface area contributed by atoms with Crippen LogP contribution in [0.4, 0.5) is 0 Å². The smallest absolute Gasteiger partial charge is 0.130 e. The predicted octanol–water partition coefficient (Wildman–Crippen LogP) is 3.14. The van der Waals surface area contributed by atoms with E-state index in [9.17, 15) is 0 Å². The Morgan fingerprint density at radius 3 is 2.78 bits per heavy atom. The lowest BCUT2D eigenvalue weighted by Crippen LogP contribution is -2.24. The minimum atomic E-state index is 0.148. The molecular weight excluding hydrogens is 246 g/mol. The number of rotatable bonds is 4. The molecule has 0 spiro atoms. The highest BCUT2D eigenvalue weighted by atomic mass is 35.5. The second kappa shape index (κ2) is 5.89. The highest BCUT2D eigenvalue weighted by molar-refractivity contribution is 6.30. The highest BCUT2D eigenvalue weighted by Crippen LogP contribution is 2.24. The fraction of sp³-hybridized carbons (Fsp3) is 0.643. The van der Waals surface area contributed by atoms with Gasteiger partial charge >= 0.3 is 0 Å². The Morgan fingerprint density at radius 1 is 1.44 bits per heavy atom. The molecule has 18 heavy (non-hydrogen) atoms. The number of hydrogen-bond acceptors (Lipinski definition) is 2. The van der Waals surface area contributed by atoms with E-state index in [-0.39, 0.29) is 6.04 Å². The predicted molar refractivity (Wildman–Crippen MR) is 75.8 cm³/mol. The molecule has 0 aromatic carbocycles. The van der Waals surface area contributed by atoms with Gasteiger partial charge in [0.2, 0.25) is 0 Å². The van der Waals surface area contributed by atoms with Crippen LogP contribution >= 0.6 is 11.6 Å². The summed E-state index contributed by atoms with van der Waals surface area (Å²) in [5, 5.41) is 5.05. The van der Waals surface area contributed by atoms with Gasteiger partial charge in [-0.3, -0.25) is 4.68 Å². The van der Waals surface area contributed by atoms with Crippen molar-refractivity contribution in [3.05, 3.63) is 28.1 Å². The molecule has 1 unspecified atom stereocenters. The average Bonchev–Trinajstić information content (AvgIpc) is 2.57. The van der Waals surface area contributed by atoms with Gasteiger partial charge < -0.3 is 5.73 Å². The summed E-state index contributed by atoms with van der Waals surface area (Å²) in [6.45, 7) is 1.99. The molecule has 4 heteroatoms. The third kappa shape index (κ3) is 3.15. The molecule has 1 aromatic rings. The molecule has 0 bridgehead atoms. The van der Waals surface area contributed by atoms with Crippen molar-refractivity contribution >= 4 is 11.6 Å². The Balaban J connectivity index is 1.98. The molecule has 100 valence electrons. The Hall–Kier alpha value is -0.800. The highest BCUT2D eigenvalue weighted by Gasteiger charge is 2.16. The van der Waals surface area contributed by atoms with Crippen molar-refractivity contribution in [1.29, 1.82) is 0 Å². The van der Waals surface area contributed by atoms with Crippen LogP contribution in [-0.4, -0.2) is 15.8 Å². The lowest BCUT2D eigenvalue weighted by Gasteiger charge is -2.17. The van der Waals surface area contributed by atoms with Crippen molar-refractivity contribution in [1.82, 2.24) is 9.78 Å². The van der Waals surface area contributed by atoms with Gasteiger partial charge in [-0.2, -0.15) is 5.10 Å². The number of nitrogens with zero attached hydrogens (tertiary/aromatic N) is 2. The van der Waals surface area contributed by atoms with Crippen LogP contribution in [0.25, 0.3) is 0 Å². The summed E-state index contributed by atoms with van der Waals surface area (Å²) in [5.74, 6) is 0. The first-order chi connectivity index (χ1) is 8.58. The molecule has 1 aliphatic rings. The van der Waals surface area contributed by atoms with Crippen molar-refractivity contribution in [2.24, 2.45) is 12.8 Å². The third-order valence-electron chi connectivity index (χ3n) is 3.65. The summed E-state index contributed by atoms with van der Waals surface area (Å²) in [4.78, 5) is 0. The molecule has 2 rings (SSSR count). The molecule has 2 N–H and O–H groups in total. The maximum absolute atomic E-state index is 6.25. The molecule has 0 aliphatic heterocycles. The van der Waals surface area contributed by atoms with Crippen molar-refractivity contribution in [2.75, 3.05) is 0 Å². The van der Waals surface area contributed by atoms with Crippen LogP contribution in [0.15, 0.2) is 11.6 Å². The van der Waals surface area contributed by atoms with Crippen LogP contribution in [0.1, 0.15) is 43.4 Å². The fourth-order valence-corrected chi connectivity index (χ4v) is 2.92. The van der Waals surface area contributed by atoms with Crippen LogP contribution in [0.5, 0.6) is 0 Å². The van der Waals surface area contributed by atoms with Gasteiger partial charge in [0, 0.05) is 18.7 Å². The Morgan fingerprint density at radius 2 is 2.22 bits per heavy atom. The van der Waals surface area contributed by atoms with Crippen LogP contribution in [0.3, 0.4) is 0 Å². The van der Waals surface area contributed by atoms with Gasteiger partial charge in [-0.15, -0.1) is 0 Å². The zero-order chi connectivity index (χ0) is 13.1. The largest absolute Gasteiger partial charge is 0.327 e. The minimum Gasteiger partial charge on any atom is -0.327 e. The van der Waals surface area contributed by atoms with Crippen molar-refractivity contribution in [3.8, 4) is 0 Å². The molecule has 3 nitrogen and oxygen atoms in total. The van der Waals surface area contributed by atoms with Crippen LogP contribution in [0.2, 0.25) is 5.15 Å². The zero-order valence-corrected chi connectivity index (χ0v) is 12.0. The lowest BCUT2D eigenvalue weighted by molar-refractivity contribution is 0.604. The maximum atomic E-state index is 6.25. The zero-order valence-electron chi connectivity index (χ0n) is 11.2. The van der Waals surface area contributed by atoms with Crippen LogP contribution < -0.4 is 5.73 Å². The van der Waals surface area contributed by atoms with E-state index < -0.39 is 0 Å². The van der Waals surface area contributed by atoms with Crippen LogP contribution in [0, 0.1) is 6.92 Å². The van der Waals surface area contributed by atoms with E-state index in [1.807, 2.05) is 14.0 Å². The van der Waals surface area contributed by atoms with Gasteiger partial charge in [-0.1, -0.05) is 23.3 Å². The molecule has 0 saturated heterocycles. The van der Waals surface area contributed by atoms with Gasteiger partial charge in [-0.25, -0.2) is 0 Å². The molecule has 1 aliphatic carbocycles. The van der Waals surface area contributed by atoms with E-state index in [0.717, 1.165) is 29.3 Å². The topological polar surface area (TPSA) is 43.8 Å². The van der Waals surface area contributed by atoms with Gasteiger partial charge in [0.15, 0.2) is 0 Å². The lowest BCUT2D eigenvalue weighted by atomic mass is 9.92. The summed E-state index contributed by atoms with van der Waals surface area (Å²) in [5.41, 5.74) is 9.86. The summed E-state index contributed by atoms with van der Waals surface area (Å²) in [7, 11) is 1.87. The first kappa shape index (κ1) is 13.6. The van der Waals surface area contributed by atoms with E-state index in [0.29, 0.717) is 0 Å². The molecule has 0 amide bonds. The second-order valence-corrected chi connectivity index (χ2v) is 5.61. The SMILES string of the molecule is Cc1nn(C)c(Cl)c1CC(N)CC1=CCCCC1. The Bertz CT molecular complexity index is 448. The number of hydrogen-bond donors (Lipinski definition) is 1. The number of allylic oxidation sites excluding steroid dienone is 1. The van der Waals surface area contributed by atoms with Gasteiger partial charge in [0.1, 0.15) is 5.15 Å².